The first kappa shape index (κ1) is 22.5. The summed E-state index contributed by atoms with van der Waals surface area (Å²) in [5, 5.41) is 4.52. The topological polar surface area (TPSA) is 99.8 Å². The van der Waals surface area contributed by atoms with Gasteiger partial charge in [-0.3, -0.25) is 0 Å². The fraction of sp³-hybridized carbons (Fsp3) is 0.200. The normalized spacial score (nSPS) is 12.2. The van der Waals surface area contributed by atoms with Gasteiger partial charge in [-0.05, 0) is 56.0 Å². The first-order valence-electron chi connectivity index (χ1n) is 10.5. The number of aromatic amines is 1. The third-order valence-corrected chi connectivity index (χ3v) is 6.65. The fourth-order valence-corrected chi connectivity index (χ4v) is 4.53. The highest BCUT2D eigenvalue weighted by Crippen LogP contribution is 2.26. The molecule has 0 radical (unpaired) electrons. The molecule has 8 heteroatoms. The lowest BCUT2D eigenvalue weighted by molar-refractivity contribution is 0.586. The Balaban J connectivity index is 1.57. The van der Waals surface area contributed by atoms with Crippen molar-refractivity contribution in [3.05, 3.63) is 72.2 Å². The van der Waals surface area contributed by atoms with Crippen LogP contribution in [0.4, 0.5) is 5.82 Å². The summed E-state index contributed by atoms with van der Waals surface area (Å²) in [6.07, 6.45) is 1.91. The second-order valence-electron chi connectivity index (χ2n) is 7.66. The molecule has 168 valence electrons. The molecule has 2 aromatic heterocycles. The molecule has 0 saturated carbocycles. The SMILES string of the molecule is CC#CCNS(=O)(=O)c1cccc(C(C)Nc2cc(-c3ccc4cc[nH]c4c3)nc(C)n2)c1. The van der Waals surface area contributed by atoms with Crippen LogP contribution >= 0.6 is 0 Å². The van der Waals surface area contributed by atoms with E-state index in [4.69, 9.17) is 0 Å². The smallest absolute Gasteiger partial charge is 0.241 e. The molecule has 0 aliphatic carbocycles. The molecule has 0 aliphatic heterocycles. The summed E-state index contributed by atoms with van der Waals surface area (Å²) < 4.78 is 27.6. The second-order valence-corrected chi connectivity index (χ2v) is 9.42. The van der Waals surface area contributed by atoms with E-state index in [9.17, 15) is 8.42 Å². The molecule has 7 nitrogen and oxygen atoms in total. The summed E-state index contributed by atoms with van der Waals surface area (Å²) >= 11 is 0. The Hall–Kier alpha value is -3.67. The van der Waals surface area contributed by atoms with Crippen LogP contribution in [0.2, 0.25) is 0 Å². The van der Waals surface area contributed by atoms with E-state index < -0.39 is 10.0 Å². The average molecular weight is 460 g/mol. The lowest BCUT2D eigenvalue weighted by atomic mass is 10.1. The number of aromatic nitrogens is 3. The molecule has 0 spiro atoms. The number of hydrogen-bond donors (Lipinski definition) is 3. The highest BCUT2D eigenvalue weighted by atomic mass is 32.2. The van der Waals surface area contributed by atoms with Crippen molar-refractivity contribution in [1.82, 2.24) is 19.7 Å². The van der Waals surface area contributed by atoms with Crippen LogP contribution in [0.25, 0.3) is 22.2 Å². The van der Waals surface area contributed by atoms with Crippen molar-refractivity contribution in [2.75, 3.05) is 11.9 Å². The number of nitrogens with zero attached hydrogens (tertiary/aromatic N) is 2. The number of nitrogens with one attached hydrogen (secondary N) is 3. The van der Waals surface area contributed by atoms with Gasteiger partial charge in [0.05, 0.1) is 17.1 Å². The zero-order valence-electron chi connectivity index (χ0n) is 18.7. The van der Waals surface area contributed by atoms with Crippen LogP contribution in [0.5, 0.6) is 0 Å². The van der Waals surface area contributed by atoms with Crippen molar-refractivity contribution in [1.29, 1.82) is 0 Å². The average Bonchev–Trinajstić information content (AvgIpc) is 3.27. The highest BCUT2D eigenvalue weighted by Gasteiger charge is 2.16. The number of H-pyrrole nitrogens is 1. The second kappa shape index (κ2) is 9.45. The van der Waals surface area contributed by atoms with Gasteiger partial charge in [-0.2, -0.15) is 4.72 Å². The molecule has 1 unspecified atom stereocenters. The van der Waals surface area contributed by atoms with E-state index in [-0.39, 0.29) is 17.5 Å². The number of sulfonamides is 1. The Morgan fingerprint density at radius 1 is 1.09 bits per heavy atom. The molecule has 0 fully saturated rings. The molecule has 4 aromatic rings. The molecule has 0 saturated heterocycles. The van der Waals surface area contributed by atoms with Crippen molar-refractivity contribution in [2.24, 2.45) is 0 Å². The third kappa shape index (κ3) is 5.22. The van der Waals surface area contributed by atoms with E-state index in [1.807, 2.05) is 44.3 Å². The standard InChI is InChI=1S/C25H25N5O2S/c1-4-5-12-27-33(31,32)22-8-6-7-20(14-22)17(2)28-25-16-24(29-18(3)30-25)21-10-9-19-11-13-26-23(19)15-21/h6-11,13-17,26-27H,12H2,1-3H3,(H,28,29,30). The van der Waals surface area contributed by atoms with Crippen molar-refractivity contribution in [3.63, 3.8) is 0 Å². The molecular formula is C25H25N5O2S. The molecule has 33 heavy (non-hydrogen) atoms. The maximum absolute atomic E-state index is 12.5. The van der Waals surface area contributed by atoms with Crippen molar-refractivity contribution in [2.45, 2.75) is 31.7 Å². The van der Waals surface area contributed by atoms with E-state index in [0.29, 0.717) is 11.6 Å². The molecule has 1 atom stereocenters. The minimum Gasteiger partial charge on any atom is -0.363 e. The van der Waals surface area contributed by atoms with Gasteiger partial charge >= 0.3 is 0 Å². The van der Waals surface area contributed by atoms with Gasteiger partial charge in [-0.15, -0.1) is 5.92 Å². The molecule has 2 aromatic carbocycles. The zero-order valence-corrected chi connectivity index (χ0v) is 19.5. The van der Waals surface area contributed by atoms with Gasteiger partial charge in [-0.25, -0.2) is 18.4 Å². The molecule has 0 bridgehead atoms. The van der Waals surface area contributed by atoms with Crippen molar-refractivity contribution >= 4 is 26.7 Å². The summed E-state index contributed by atoms with van der Waals surface area (Å²) in [6.45, 7) is 5.56. The molecule has 2 heterocycles. The lowest BCUT2D eigenvalue weighted by Crippen LogP contribution is -2.24. The van der Waals surface area contributed by atoms with Crippen LogP contribution in [-0.4, -0.2) is 29.9 Å². The maximum Gasteiger partial charge on any atom is 0.241 e. The monoisotopic (exact) mass is 459 g/mol. The van der Waals surface area contributed by atoms with Gasteiger partial charge < -0.3 is 10.3 Å². The summed E-state index contributed by atoms with van der Waals surface area (Å²) in [7, 11) is -3.63. The number of fused-ring (bicyclic) bond motifs is 1. The van der Waals surface area contributed by atoms with Gasteiger partial charge in [-0.1, -0.05) is 30.2 Å². The number of anilines is 1. The van der Waals surface area contributed by atoms with Crippen LogP contribution in [0.15, 0.2) is 65.7 Å². The Morgan fingerprint density at radius 3 is 2.76 bits per heavy atom. The van der Waals surface area contributed by atoms with Gasteiger partial charge in [0.2, 0.25) is 10.0 Å². The van der Waals surface area contributed by atoms with E-state index >= 15 is 0 Å². The van der Waals surface area contributed by atoms with Gasteiger partial charge in [0, 0.05) is 29.4 Å². The minimum atomic E-state index is -3.63. The maximum atomic E-state index is 12.5. The Bertz CT molecular complexity index is 1460. The summed E-state index contributed by atoms with van der Waals surface area (Å²) in [5.41, 5.74) is 3.67. The largest absolute Gasteiger partial charge is 0.363 e. The summed E-state index contributed by atoms with van der Waals surface area (Å²) in [5.74, 6) is 6.70. The minimum absolute atomic E-state index is 0.0775. The fourth-order valence-electron chi connectivity index (χ4n) is 3.56. The van der Waals surface area contributed by atoms with Crippen molar-refractivity contribution < 1.29 is 8.42 Å². The van der Waals surface area contributed by atoms with Gasteiger partial charge in [0.1, 0.15) is 11.6 Å². The summed E-state index contributed by atoms with van der Waals surface area (Å²) in [4.78, 5) is 12.5. The molecule has 3 N–H and O–H groups in total. The Labute approximate surface area is 193 Å². The molecule has 0 amide bonds. The number of rotatable bonds is 7. The van der Waals surface area contributed by atoms with Crippen LogP contribution in [0.3, 0.4) is 0 Å². The first-order chi connectivity index (χ1) is 15.9. The Kier molecular flexibility index (Phi) is 6.45. The van der Waals surface area contributed by atoms with Crippen LogP contribution in [0, 0.1) is 18.8 Å². The molecule has 4 rings (SSSR count). The van der Waals surface area contributed by atoms with Crippen LogP contribution in [0.1, 0.15) is 31.3 Å². The third-order valence-electron chi connectivity index (χ3n) is 5.25. The number of benzene rings is 2. The van der Waals surface area contributed by atoms with E-state index in [0.717, 1.165) is 27.7 Å². The Morgan fingerprint density at radius 2 is 1.94 bits per heavy atom. The molecular weight excluding hydrogens is 434 g/mol. The lowest BCUT2D eigenvalue weighted by Gasteiger charge is -2.17. The van der Waals surface area contributed by atoms with Gasteiger partial charge in [0.25, 0.3) is 0 Å². The summed E-state index contributed by atoms with van der Waals surface area (Å²) in [6, 6.07) is 16.8. The van der Waals surface area contributed by atoms with Crippen molar-refractivity contribution in [3.8, 4) is 23.1 Å². The number of aryl methyl sites for hydroxylation is 1. The molecule has 0 aliphatic rings. The van der Waals surface area contributed by atoms with Crippen LogP contribution < -0.4 is 10.0 Å². The van der Waals surface area contributed by atoms with E-state index in [2.05, 4.69) is 49.0 Å². The first-order valence-corrected chi connectivity index (χ1v) is 12.0. The number of hydrogen-bond acceptors (Lipinski definition) is 5. The predicted octanol–water partition coefficient (Wildman–Crippen LogP) is 4.41. The predicted molar refractivity (Wildman–Crippen MR) is 131 cm³/mol. The quantitative estimate of drug-likeness (QED) is 0.356. The van der Waals surface area contributed by atoms with Gasteiger partial charge in [0.15, 0.2) is 0 Å². The highest BCUT2D eigenvalue weighted by molar-refractivity contribution is 7.89. The zero-order chi connectivity index (χ0) is 23.4. The van der Waals surface area contributed by atoms with E-state index in [1.165, 1.54) is 0 Å². The van der Waals surface area contributed by atoms with E-state index in [1.54, 1.807) is 25.1 Å². The van der Waals surface area contributed by atoms with Crippen LogP contribution in [-0.2, 0) is 10.0 Å².